The van der Waals surface area contributed by atoms with Gasteiger partial charge in [-0.05, 0) is 50.1 Å². The van der Waals surface area contributed by atoms with Crippen LogP contribution in [0, 0.1) is 0 Å². The topological polar surface area (TPSA) is 123 Å². The number of carbonyl (C=O) groups is 3. The third-order valence-corrected chi connectivity index (χ3v) is 7.44. The number of carbonyl (C=O) groups excluding carboxylic acids is 3. The molecule has 10 nitrogen and oxygen atoms in total. The van der Waals surface area contributed by atoms with E-state index < -0.39 is 18.4 Å². The minimum absolute atomic E-state index is 0.1000. The standard InChI is InChI=1S/C25H32ClN5O5S/c1-3-4-23(33)29-19-11-17(5-6-20(19)30-10-9-16(13-30)28-15(2)32)31-14-18(36-25(31)35)12-27-24(34)21-7-8-22(26)37-21/h5-8,11,15-16,18,28,32H,3-4,9-10,12-14H2,1-2H3,(H,27,34)(H,29,33). The molecule has 4 N–H and O–H groups in total. The molecule has 2 aromatic rings. The van der Waals surface area contributed by atoms with Crippen molar-refractivity contribution in [1.29, 1.82) is 0 Å². The van der Waals surface area contributed by atoms with Gasteiger partial charge in [0.2, 0.25) is 5.91 Å². The Morgan fingerprint density at radius 2 is 2.08 bits per heavy atom. The van der Waals surface area contributed by atoms with Gasteiger partial charge >= 0.3 is 6.09 Å². The molecule has 12 heteroatoms. The molecule has 0 saturated carbocycles. The molecule has 1 aromatic carbocycles. The van der Waals surface area contributed by atoms with Crippen LogP contribution in [0.5, 0.6) is 0 Å². The molecule has 3 atom stereocenters. The van der Waals surface area contributed by atoms with Crippen molar-refractivity contribution in [3.63, 3.8) is 0 Å². The van der Waals surface area contributed by atoms with Crippen molar-refractivity contribution in [1.82, 2.24) is 10.6 Å². The number of hydrogen-bond donors (Lipinski definition) is 4. The lowest BCUT2D eigenvalue weighted by Crippen LogP contribution is -2.38. The van der Waals surface area contributed by atoms with E-state index in [-0.39, 0.29) is 30.9 Å². The van der Waals surface area contributed by atoms with E-state index in [9.17, 15) is 19.5 Å². The van der Waals surface area contributed by atoms with E-state index in [0.29, 0.717) is 40.0 Å². The van der Waals surface area contributed by atoms with Crippen LogP contribution < -0.4 is 25.8 Å². The normalized spacial score (nSPS) is 20.2. The Morgan fingerprint density at radius 1 is 1.27 bits per heavy atom. The summed E-state index contributed by atoms with van der Waals surface area (Å²) >= 11 is 7.08. The second-order valence-electron chi connectivity index (χ2n) is 9.20. The lowest BCUT2D eigenvalue weighted by Gasteiger charge is -2.25. The Bertz CT molecular complexity index is 1140. The van der Waals surface area contributed by atoms with Crippen LogP contribution >= 0.6 is 22.9 Å². The van der Waals surface area contributed by atoms with Crippen LogP contribution in [-0.4, -0.2) is 67.6 Å². The minimum Gasteiger partial charge on any atom is -0.442 e. The van der Waals surface area contributed by atoms with E-state index >= 15 is 0 Å². The third kappa shape index (κ3) is 6.92. The lowest BCUT2D eigenvalue weighted by atomic mass is 10.2. The predicted molar refractivity (Wildman–Crippen MR) is 145 cm³/mol. The zero-order valence-electron chi connectivity index (χ0n) is 20.8. The van der Waals surface area contributed by atoms with Gasteiger partial charge in [0.05, 0.1) is 33.7 Å². The Balaban J connectivity index is 1.46. The highest BCUT2D eigenvalue weighted by molar-refractivity contribution is 7.18. The minimum atomic E-state index is -0.599. The summed E-state index contributed by atoms with van der Waals surface area (Å²) < 4.78 is 6.01. The molecule has 3 heterocycles. The van der Waals surface area contributed by atoms with Gasteiger partial charge in [-0.3, -0.25) is 19.8 Å². The zero-order chi connectivity index (χ0) is 26.5. The van der Waals surface area contributed by atoms with E-state index in [1.165, 1.54) is 16.2 Å². The van der Waals surface area contributed by atoms with Crippen LogP contribution in [-0.2, 0) is 9.53 Å². The van der Waals surface area contributed by atoms with Crippen LogP contribution in [0.3, 0.4) is 0 Å². The van der Waals surface area contributed by atoms with Gasteiger partial charge in [-0.15, -0.1) is 11.3 Å². The fraction of sp³-hybridized carbons (Fsp3) is 0.480. The van der Waals surface area contributed by atoms with Crippen molar-refractivity contribution < 1.29 is 24.2 Å². The number of aliphatic hydroxyl groups is 1. The number of anilines is 3. The molecule has 0 aliphatic carbocycles. The average Bonchev–Trinajstić information content (AvgIpc) is 3.57. The van der Waals surface area contributed by atoms with Crippen LogP contribution in [0.25, 0.3) is 0 Å². The number of hydrogen-bond acceptors (Lipinski definition) is 8. The number of nitrogens with zero attached hydrogens (tertiary/aromatic N) is 2. The quantitative estimate of drug-likeness (QED) is 0.335. The first-order valence-electron chi connectivity index (χ1n) is 12.4. The molecule has 2 saturated heterocycles. The number of halogens is 1. The van der Waals surface area contributed by atoms with Crippen molar-refractivity contribution in [2.45, 2.75) is 51.5 Å². The Morgan fingerprint density at radius 3 is 2.78 bits per heavy atom. The highest BCUT2D eigenvalue weighted by atomic mass is 35.5. The maximum Gasteiger partial charge on any atom is 0.414 e. The molecule has 1 aromatic heterocycles. The average molecular weight is 550 g/mol. The molecule has 0 bridgehead atoms. The molecule has 2 fully saturated rings. The first-order chi connectivity index (χ1) is 17.7. The predicted octanol–water partition coefficient (Wildman–Crippen LogP) is 3.40. The molecular formula is C25H32ClN5O5S. The van der Waals surface area contributed by atoms with Gasteiger partial charge in [-0.1, -0.05) is 18.5 Å². The Kier molecular flexibility index (Phi) is 8.91. The van der Waals surface area contributed by atoms with Crippen LogP contribution in [0.2, 0.25) is 4.34 Å². The first kappa shape index (κ1) is 27.2. The number of nitrogens with one attached hydrogen (secondary N) is 3. The molecule has 37 heavy (non-hydrogen) atoms. The number of thiophene rings is 1. The van der Waals surface area contributed by atoms with E-state index in [1.807, 2.05) is 19.1 Å². The van der Waals surface area contributed by atoms with Crippen LogP contribution in [0.4, 0.5) is 21.9 Å². The summed E-state index contributed by atoms with van der Waals surface area (Å²) in [5.41, 5.74) is 2.07. The highest BCUT2D eigenvalue weighted by Crippen LogP contribution is 2.34. The van der Waals surface area contributed by atoms with Gasteiger partial charge in [0.25, 0.3) is 5.91 Å². The molecule has 2 aliphatic rings. The van der Waals surface area contributed by atoms with E-state index in [2.05, 4.69) is 20.9 Å². The van der Waals surface area contributed by atoms with E-state index in [0.717, 1.165) is 18.7 Å². The van der Waals surface area contributed by atoms with Gasteiger partial charge in [-0.2, -0.15) is 0 Å². The fourth-order valence-corrected chi connectivity index (χ4v) is 5.49. The molecule has 4 rings (SSSR count). The van der Waals surface area contributed by atoms with Crippen molar-refractivity contribution in [3.8, 4) is 0 Å². The molecule has 0 spiro atoms. The second-order valence-corrected chi connectivity index (χ2v) is 10.9. The summed E-state index contributed by atoms with van der Waals surface area (Å²) in [7, 11) is 0. The third-order valence-electron chi connectivity index (χ3n) is 6.21. The van der Waals surface area contributed by atoms with Crippen LogP contribution in [0.1, 0.15) is 42.8 Å². The molecule has 2 aliphatic heterocycles. The Labute approximate surface area is 224 Å². The van der Waals surface area contributed by atoms with Crippen molar-refractivity contribution in [3.05, 3.63) is 39.5 Å². The second kappa shape index (κ2) is 12.1. The van der Waals surface area contributed by atoms with Gasteiger partial charge < -0.3 is 25.4 Å². The summed E-state index contributed by atoms with van der Waals surface area (Å²) in [6.45, 7) is 5.51. The van der Waals surface area contributed by atoms with E-state index in [1.54, 1.807) is 25.1 Å². The van der Waals surface area contributed by atoms with Gasteiger partial charge in [0, 0.05) is 31.2 Å². The SMILES string of the molecule is CCCC(=O)Nc1cc(N2CC(CNC(=O)c3ccc(Cl)s3)OC2=O)ccc1N1CCC(NC(C)O)C1. The summed E-state index contributed by atoms with van der Waals surface area (Å²) in [5, 5.41) is 18.6. The maximum absolute atomic E-state index is 12.7. The molecule has 3 amide bonds. The van der Waals surface area contributed by atoms with Crippen molar-refractivity contribution in [2.24, 2.45) is 0 Å². The Hall–Kier alpha value is -2.86. The van der Waals surface area contributed by atoms with Gasteiger partial charge in [-0.25, -0.2) is 4.79 Å². The van der Waals surface area contributed by atoms with Crippen molar-refractivity contribution in [2.75, 3.05) is 41.3 Å². The molecular weight excluding hydrogens is 518 g/mol. The largest absolute Gasteiger partial charge is 0.442 e. The highest BCUT2D eigenvalue weighted by Gasteiger charge is 2.34. The van der Waals surface area contributed by atoms with Gasteiger partial charge in [0.1, 0.15) is 12.3 Å². The van der Waals surface area contributed by atoms with Crippen molar-refractivity contribution >= 4 is 57.9 Å². The first-order valence-corrected chi connectivity index (χ1v) is 13.6. The monoisotopic (exact) mass is 549 g/mol. The number of amides is 3. The fourth-order valence-electron chi connectivity index (χ4n) is 4.53. The zero-order valence-corrected chi connectivity index (χ0v) is 22.4. The van der Waals surface area contributed by atoms with E-state index in [4.69, 9.17) is 16.3 Å². The number of benzene rings is 1. The smallest absolute Gasteiger partial charge is 0.414 e. The van der Waals surface area contributed by atoms with Crippen LogP contribution in [0.15, 0.2) is 30.3 Å². The summed E-state index contributed by atoms with van der Waals surface area (Å²) in [6.07, 6.45) is 0.333. The summed E-state index contributed by atoms with van der Waals surface area (Å²) in [6, 6.07) is 8.95. The number of cyclic esters (lactones) is 1. The van der Waals surface area contributed by atoms with Gasteiger partial charge in [0.15, 0.2) is 0 Å². The number of ether oxygens (including phenoxy) is 1. The number of aliphatic hydroxyl groups excluding tert-OH is 1. The molecule has 3 unspecified atom stereocenters. The molecule has 200 valence electrons. The number of rotatable bonds is 10. The maximum atomic E-state index is 12.7. The summed E-state index contributed by atoms with van der Waals surface area (Å²) in [4.78, 5) is 41.6. The lowest BCUT2D eigenvalue weighted by molar-refractivity contribution is -0.116. The molecule has 0 radical (unpaired) electrons. The summed E-state index contributed by atoms with van der Waals surface area (Å²) in [5.74, 6) is -0.373.